The Bertz CT molecular complexity index is 1060. The number of aliphatic hydroxyl groups is 1. The molecule has 0 bridgehead atoms. The average Bonchev–Trinajstić information content (AvgIpc) is 2.97. The minimum atomic E-state index is -0.689. The van der Waals surface area contributed by atoms with Gasteiger partial charge in [0.1, 0.15) is 0 Å². The Kier molecular flexibility index (Phi) is 5.05. The molecule has 2 fully saturated rings. The third kappa shape index (κ3) is 3.24. The van der Waals surface area contributed by atoms with Gasteiger partial charge in [0.25, 0.3) is 5.91 Å². The number of carbonyl (C=O) groups excluding carboxylic acids is 1. The summed E-state index contributed by atoms with van der Waals surface area (Å²) in [6, 6.07) is 9.76. The van der Waals surface area contributed by atoms with Crippen molar-refractivity contribution in [1.82, 2.24) is 4.90 Å². The SMILES string of the molecule is CN1CN(C2CCOCC2O)C(=O)c2cc(B3OC(C)(C)C(C)(C)O3)c3ccccc3c21. The zero-order chi connectivity index (χ0) is 22.8. The van der Waals surface area contributed by atoms with E-state index in [0.717, 1.165) is 21.9 Å². The maximum absolute atomic E-state index is 13.7. The zero-order valence-corrected chi connectivity index (χ0v) is 19.4. The Morgan fingerprint density at radius 2 is 1.75 bits per heavy atom. The fraction of sp³-hybridized carbons (Fsp3) is 0.542. The second-order valence-electron chi connectivity index (χ2n) is 10.1. The quantitative estimate of drug-likeness (QED) is 0.725. The first kappa shape index (κ1) is 21.7. The van der Waals surface area contributed by atoms with Gasteiger partial charge in [-0.25, -0.2) is 0 Å². The monoisotopic (exact) mass is 438 g/mol. The van der Waals surface area contributed by atoms with Gasteiger partial charge in [-0.05, 0) is 51.0 Å². The molecule has 2 unspecified atom stereocenters. The van der Waals surface area contributed by atoms with Crippen LogP contribution < -0.4 is 10.4 Å². The van der Waals surface area contributed by atoms with E-state index in [-0.39, 0.29) is 18.6 Å². The van der Waals surface area contributed by atoms with Crippen LogP contribution in [0.3, 0.4) is 0 Å². The Hall–Kier alpha value is -2.13. The molecule has 1 amide bonds. The summed E-state index contributed by atoms with van der Waals surface area (Å²) in [4.78, 5) is 17.6. The number of hydrogen-bond donors (Lipinski definition) is 1. The lowest BCUT2D eigenvalue weighted by atomic mass is 9.74. The molecule has 2 atom stereocenters. The van der Waals surface area contributed by atoms with Crippen LogP contribution in [0.1, 0.15) is 44.5 Å². The Morgan fingerprint density at radius 3 is 2.41 bits per heavy atom. The van der Waals surface area contributed by atoms with Crippen molar-refractivity contribution in [1.29, 1.82) is 0 Å². The first-order valence-corrected chi connectivity index (χ1v) is 11.3. The van der Waals surface area contributed by atoms with Gasteiger partial charge in [-0.3, -0.25) is 4.79 Å². The van der Waals surface area contributed by atoms with E-state index < -0.39 is 24.4 Å². The number of ether oxygens (including phenoxy) is 1. The minimum absolute atomic E-state index is 0.0763. The van der Waals surface area contributed by atoms with Crippen molar-refractivity contribution in [2.24, 2.45) is 0 Å². The number of anilines is 1. The van der Waals surface area contributed by atoms with Gasteiger partial charge in [0.2, 0.25) is 0 Å². The number of fused-ring (bicyclic) bond motifs is 3. The zero-order valence-electron chi connectivity index (χ0n) is 19.4. The van der Waals surface area contributed by atoms with E-state index in [2.05, 4.69) is 11.0 Å². The van der Waals surface area contributed by atoms with Crippen LogP contribution in [0.5, 0.6) is 0 Å². The minimum Gasteiger partial charge on any atom is -0.399 e. The summed E-state index contributed by atoms with van der Waals surface area (Å²) >= 11 is 0. The van der Waals surface area contributed by atoms with Gasteiger partial charge >= 0.3 is 7.12 Å². The number of amides is 1. The number of rotatable bonds is 2. The Morgan fingerprint density at radius 1 is 1.09 bits per heavy atom. The van der Waals surface area contributed by atoms with Crippen LogP contribution in [0.25, 0.3) is 10.8 Å². The first-order chi connectivity index (χ1) is 15.1. The number of aliphatic hydroxyl groups excluding tert-OH is 1. The molecule has 3 aliphatic rings. The van der Waals surface area contributed by atoms with Crippen LogP contribution in [0, 0.1) is 0 Å². The molecule has 170 valence electrons. The van der Waals surface area contributed by atoms with Crippen molar-refractivity contribution < 1.29 is 23.9 Å². The van der Waals surface area contributed by atoms with Gasteiger partial charge in [0.15, 0.2) is 0 Å². The lowest BCUT2D eigenvalue weighted by Gasteiger charge is -2.43. The molecule has 0 aliphatic carbocycles. The lowest BCUT2D eigenvalue weighted by molar-refractivity contribution is -0.0575. The van der Waals surface area contributed by atoms with Crippen LogP contribution in [-0.2, 0) is 14.0 Å². The summed E-state index contributed by atoms with van der Waals surface area (Å²) in [6.07, 6.45) is -0.0704. The largest absolute Gasteiger partial charge is 0.495 e. The molecule has 2 saturated heterocycles. The fourth-order valence-corrected chi connectivity index (χ4v) is 4.98. The van der Waals surface area contributed by atoms with Crippen LogP contribution in [0.4, 0.5) is 5.69 Å². The summed E-state index contributed by atoms with van der Waals surface area (Å²) in [5, 5.41) is 12.5. The highest BCUT2D eigenvalue weighted by molar-refractivity contribution is 6.65. The highest BCUT2D eigenvalue weighted by atomic mass is 16.7. The second-order valence-corrected chi connectivity index (χ2v) is 10.1. The van der Waals surface area contributed by atoms with Gasteiger partial charge in [-0.1, -0.05) is 24.3 Å². The normalized spacial score (nSPS) is 27.2. The third-order valence-corrected chi connectivity index (χ3v) is 7.48. The summed E-state index contributed by atoms with van der Waals surface area (Å²) in [5.74, 6) is -0.0763. The number of carbonyl (C=O) groups is 1. The maximum atomic E-state index is 13.7. The van der Waals surface area contributed by atoms with E-state index in [1.54, 1.807) is 4.90 Å². The summed E-state index contributed by atoms with van der Waals surface area (Å²) in [7, 11) is 1.42. The second kappa shape index (κ2) is 7.45. The number of benzene rings is 2. The Labute approximate surface area is 189 Å². The molecule has 0 aromatic heterocycles. The summed E-state index contributed by atoms with van der Waals surface area (Å²) in [6.45, 7) is 9.33. The number of nitrogens with zero attached hydrogens (tertiary/aromatic N) is 2. The molecule has 2 aromatic rings. The van der Waals surface area contributed by atoms with E-state index in [1.807, 2.05) is 59.0 Å². The molecular weight excluding hydrogens is 407 g/mol. The first-order valence-electron chi connectivity index (χ1n) is 11.3. The van der Waals surface area contributed by atoms with Crippen molar-refractivity contribution in [3.05, 3.63) is 35.9 Å². The third-order valence-electron chi connectivity index (χ3n) is 7.48. The summed E-state index contributed by atoms with van der Waals surface area (Å²) in [5.41, 5.74) is 1.42. The van der Waals surface area contributed by atoms with Gasteiger partial charge in [-0.15, -0.1) is 0 Å². The molecule has 1 N–H and O–H groups in total. The molecule has 0 saturated carbocycles. The smallest absolute Gasteiger partial charge is 0.399 e. The molecule has 7 nitrogen and oxygen atoms in total. The van der Waals surface area contributed by atoms with Crippen molar-refractivity contribution in [2.75, 3.05) is 31.8 Å². The molecule has 3 aliphatic heterocycles. The van der Waals surface area contributed by atoms with E-state index >= 15 is 0 Å². The van der Waals surface area contributed by atoms with Gasteiger partial charge in [-0.2, -0.15) is 0 Å². The summed E-state index contributed by atoms with van der Waals surface area (Å²) < 4.78 is 18.1. The standard InChI is InChI=1S/C24H31BN2O5/c1-23(2)24(3,4)32-25(31-23)18-12-17-21(16-9-7-6-8-15(16)18)26(5)14-27(22(17)29)19-10-11-30-13-20(19)28/h6-9,12,19-20,28H,10-11,13-14H2,1-5H3. The van der Waals surface area contributed by atoms with E-state index in [9.17, 15) is 9.90 Å². The molecule has 8 heteroatoms. The fourth-order valence-electron chi connectivity index (χ4n) is 4.98. The Balaban J connectivity index is 1.63. The van der Waals surface area contributed by atoms with Crippen molar-refractivity contribution in [2.45, 2.75) is 57.5 Å². The van der Waals surface area contributed by atoms with E-state index in [0.29, 0.717) is 25.3 Å². The van der Waals surface area contributed by atoms with Crippen LogP contribution in [0.2, 0.25) is 0 Å². The van der Waals surface area contributed by atoms with Gasteiger partial charge < -0.3 is 29.0 Å². The molecule has 5 rings (SSSR count). The van der Waals surface area contributed by atoms with E-state index in [4.69, 9.17) is 14.0 Å². The van der Waals surface area contributed by atoms with Gasteiger partial charge in [0, 0.05) is 19.0 Å². The molecule has 0 radical (unpaired) electrons. The topological polar surface area (TPSA) is 71.5 Å². The van der Waals surface area contributed by atoms with Crippen molar-refractivity contribution in [3.63, 3.8) is 0 Å². The average molecular weight is 438 g/mol. The maximum Gasteiger partial charge on any atom is 0.495 e. The predicted molar refractivity (Wildman–Crippen MR) is 124 cm³/mol. The van der Waals surface area contributed by atoms with Gasteiger partial charge in [0.05, 0.1) is 47.9 Å². The lowest BCUT2D eigenvalue weighted by Crippen LogP contribution is -2.57. The van der Waals surface area contributed by atoms with E-state index in [1.165, 1.54) is 0 Å². The van der Waals surface area contributed by atoms with Crippen molar-refractivity contribution in [3.8, 4) is 0 Å². The van der Waals surface area contributed by atoms with Crippen molar-refractivity contribution >= 4 is 34.9 Å². The molecule has 32 heavy (non-hydrogen) atoms. The van der Waals surface area contributed by atoms with Crippen LogP contribution in [-0.4, -0.2) is 73.3 Å². The molecule has 3 heterocycles. The highest BCUT2D eigenvalue weighted by Gasteiger charge is 2.52. The highest BCUT2D eigenvalue weighted by Crippen LogP contribution is 2.39. The number of hydrogen-bond acceptors (Lipinski definition) is 6. The van der Waals surface area contributed by atoms with Crippen LogP contribution >= 0.6 is 0 Å². The predicted octanol–water partition coefficient (Wildman–Crippen LogP) is 2.14. The molecule has 2 aromatic carbocycles. The molecular formula is C24H31BN2O5. The van der Waals surface area contributed by atoms with Crippen LogP contribution in [0.15, 0.2) is 30.3 Å². The molecule has 0 spiro atoms.